The normalized spacial score (nSPS) is 23.6. The molecule has 118 valence electrons. The van der Waals surface area contributed by atoms with E-state index in [1.165, 1.54) is 12.1 Å². The molecule has 4 nitrogen and oxygen atoms in total. The van der Waals surface area contributed by atoms with Gasteiger partial charge in [-0.3, -0.25) is 0 Å². The summed E-state index contributed by atoms with van der Waals surface area (Å²) >= 11 is 5.65. The fraction of sp³-hybridized carbons (Fsp3) is 0.571. The van der Waals surface area contributed by atoms with Crippen molar-refractivity contribution in [3.8, 4) is 0 Å². The first-order chi connectivity index (χ1) is 9.80. The van der Waals surface area contributed by atoms with E-state index in [0.29, 0.717) is 19.3 Å². The number of nitrogens with one attached hydrogen (secondary N) is 1. The fourth-order valence-corrected chi connectivity index (χ4v) is 4.29. The van der Waals surface area contributed by atoms with Gasteiger partial charge in [-0.1, -0.05) is 24.6 Å². The number of aliphatic hydroxyl groups excluding tert-OH is 1. The Bertz CT molecular complexity index is 602. The third kappa shape index (κ3) is 4.39. The molecule has 0 heterocycles. The van der Waals surface area contributed by atoms with E-state index in [1.54, 1.807) is 0 Å². The van der Waals surface area contributed by atoms with Crippen molar-refractivity contribution in [2.24, 2.45) is 5.92 Å². The lowest BCUT2D eigenvalue weighted by molar-refractivity contribution is 0.0277. The number of benzene rings is 1. The van der Waals surface area contributed by atoms with Gasteiger partial charge in [0.15, 0.2) is 0 Å². The Morgan fingerprint density at radius 3 is 2.67 bits per heavy atom. The van der Waals surface area contributed by atoms with Crippen LogP contribution in [-0.2, 0) is 15.8 Å². The molecule has 1 unspecified atom stereocenters. The van der Waals surface area contributed by atoms with E-state index >= 15 is 0 Å². The van der Waals surface area contributed by atoms with Crippen LogP contribution in [0.1, 0.15) is 31.7 Å². The monoisotopic (exact) mass is 335 g/mol. The molecule has 1 saturated carbocycles. The first-order valence-electron chi connectivity index (χ1n) is 6.92. The van der Waals surface area contributed by atoms with E-state index in [9.17, 15) is 17.9 Å². The molecule has 2 rings (SSSR count). The van der Waals surface area contributed by atoms with Crippen LogP contribution in [0, 0.1) is 11.7 Å². The molecule has 1 aliphatic carbocycles. The highest BCUT2D eigenvalue weighted by Gasteiger charge is 2.35. The van der Waals surface area contributed by atoms with Gasteiger partial charge in [0, 0.05) is 16.6 Å². The zero-order valence-electron chi connectivity index (χ0n) is 11.7. The van der Waals surface area contributed by atoms with Crippen molar-refractivity contribution >= 4 is 21.6 Å². The molecule has 0 aromatic heterocycles. The molecular formula is C14H19ClFNO3S. The molecule has 1 aliphatic rings. The minimum absolute atomic E-state index is 0.0930. The van der Waals surface area contributed by atoms with E-state index < -0.39 is 21.6 Å². The maximum absolute atomic E-state index is 13.7. The van der Waals surface area contributed by atoms with Crippen molar-refractivity contribution in [3.05, 3.63) is 34.6 Å². The fourth-order valence-electron chi connectivity index (χ4n) is 2.59. The second kappa shape index (κ2) is 6.60. The third-order valence-corrected chi connectivity index (χ3v) is 5.44. The summed E-state index contributed by atoms with van der Waals surface area (Å²) in [5.41, 5.74) is 0.0930. The molecule has 21 heavy (non-hydrogen) atoms. The first-order valence-corrected chi connectivity index (χ1v) is 8.95. The molecule has 0 aliphatic heterocycles. The van der Waals surface area contributed by atoms with Crippen LogP contribution in [0.4, 0.5) is 4.39 Å². The van der Waals surface area contributed by atoms with Gasteiger partial charge < -0.3 is 5.11 Å². The second-order valence-electron chi connectivity index (χ2n) is 5.51. The Kier molecular flexibility index (Phi) is 5.24. The summed E-state index contributed by atoms with van der Waals surface area (Å²) in [6, 6.07) is 3.74. The topological polar surface area (TPSA) is 66.4 Å². The van der Waals surface area contributed by atoms with Crippen molar-refractivity contribution in [2.75, 3.05) is 0 Å². The molecule has 0 saturated heterocycles. The van der Waals surface area contributed by atoms with Crippen LogP contribution < -0.4 is 4.72 Å². The van der Waals surface area contributed by atoms with Gasteiger partial charge in [-0.25, -0.2) is 17.5 Å². The molecular weight excluding hydrogens is 317 g/mol. The number of aliphatic hydroxyl groups is 1. The van der Waals surface area contributed by atoms with Gasteiger partial charge in [-0.15, -0.1) is 0 Å². The highest BCUT2D eigenvalue weighted by Crippen LogP contribution is 2.32. The molecule has 0 amide bonds. The van der Waals surface area contributed by atoms with Gasteiger partial charge in [-0.05, 0) is 37.3 Å². The quantitative estimate of drug-likeness (QED) is 0.839. The summed E-state index contributed by atoms with van der Waals surface area (Å²) in [6.07, 6.45) is 1.52. The predicted octanol–water partition coefficient (Wildman–Crippen LogP) is 2.45. The molecule has 0 bridgehead atoms. The number of hydrogen-bond donors (Lipinski definition) is 2. The van der Waals surface area contributed by atoms with Gasteiger partial charge >= 0.3 is 0 Å². The van der Waals surface area contributed by atoms with E-state index in [0.717, 1.165) is 6.07 Å². The first kappa shape index (κ1) is 16.7. The maximum atomic E-state index is 13.7. The van der Waals surface area contributed by atoms with Crippen molar-refractivity contribution in [1.29, 1.82) is 0 Å². The Morgan fingerprint density at radius 2 is 2.14 bits per heavy atom. The minimum atomic E-state index is -3.63. The molecule has 1 fully saturated rings. The highest BCUT2D eigenvalue weighted by molar-refractivity contribution is 7.88. The molecule has 0 radical (unpaired) electrons. The Labute approximate surface area is 129 Å². The summed E-state index contributed by atoms with van der Waals surface area (Å²) in [5.74, 6) is -0.892. The molecule has 1 atom stereocenters. The van der Waals surface area contributed by atoms with E-state index in [4.69, 9.17) is 11.6 Å². The molecule has 1 aromatic carbocycles. The van der Waals surface area contributed by atoms with E-state index in [2.05, 4.69) is 4.72 Å². The molecule has 2 N–H and O–H groups in total. The Morgan fingerprint density at radius 1 is 1.48 bits per heavy atom. The van der Waals surface area contributed by atoms with Crippen LogP contribution >= 0.6 is 11.6 Å². The summed E-state index contributed by atoms with van der Waals surface area (Å²) < 4.78 is 40.6. The van der Waals surface area contributed by atoms with Crippen molar-refractivity contribution < 1.29 is 17.9 Å². The van der Waals surface area contributed by atoms with E-state index in [1.807, 2.05) is 6.92 Å². The van der Waals surface area contributed by atoms with E-state index in [-0.39, 0.29) is 28.6 Å². The number of rotatable bonds is 6. The maximum Gasteiger partial charge on any atom is 0.216 e. The SMILES string of the molecule is CCC(NS(=O)(=O)Cc1ccc(Cl)cc1F)C1CC(O)C1. The molecule has 0 spiro atoms. The summed E-state index contributed by atoms with van der Waals surface area (Å²) in [5, 5.41) is 9.55. The Hall–Kier alpha value is -0.690. The molecule has 7 heteroatoms. The van der Waals surface area contributed by atoms with Gasteiger partial charge in [-0.2, -0.15) is 0 Å². The zero-order chi connectivity index (χ0) is 15.6. The molecule has 1 aromatic rings. The van der Waals surface area contributed by atoms with Crippen molar-refractivity contribution in [1.82, 2.24) is 4.72 Å². The minimum Gasteiger partial charge on any atom is -0.393 e. The lowest BCUT2D eigenvalue weighted by Gasteiger charge is -2.37. The van der Waals surface area contributed by atoms with Crippen molar-refractivity contribution in [2.45, 2.75) is 44.1 Å². The summed E-state index contributed by atoms with van der Waals surface area (Å²) in [6.45, 7) is 1.89. The predicted molar refractivity (Wildman–Crippen MR) is 80.0 cm³/mol. The van der Waals surface area contributed by atoms with Gasteiger partial charge in [0.25, 0.3) is 0 Å². The third-order valence-electron chi connectivity index (χ3n) is 3.85. The number of halogens is 2. The smallest absolute Gasteiger partial charge is 0.216 e. The van der Waals surface area contributed by atoms with Crippen LogP contribution in [0.3, 0.4) is 0 Å². The summed E-state index contributed by atoms with van der Waals surface area (Å²) in [4.78, 5) is 0. The summed E-state index contributed by atoms with van der Waals surface area (Å²) in [7, 11) is -3.63. The van der Waals surface area contributed by atoms with Gasteiger partial charge in [0.05, 0.1) is 11.9 Å². The number of sulfonamides is 1. The average Bonchev–Trinajstić information content (AvgIpc) is 2.36. The average molecular weight is 336 g/mol. The standard InChI is InChI=1S/C14H19ClFNO3S/c1-2-14(10-5-12(18)6-10)17-21(19,20)8-9-3-4-11(15)7-13(9)16/h3-4,7,10,12,14,17-18H,2,5-6,8H2,1H3. The largest absolute Gasteiger partial charge is 0.393 e. The lowest BCUT2D eigenvalue weighted by atomic mass is 9.77. The highest BCUT2D eigenvalue weighted by atomic mass is 35.5. The number of hydrogen-bond acceptors (Lipinski definition) is 3. The van der Waals surface area contributed by atoms with Crippen LogP contribution in [-0.4, -0.2) is 25.7 Å². The van der Waals surface area contributed by atoms with Crippen LogP contribution in [0.5, 0.6) is 0 Å². The van der Waals surface area contributed by atoms with Crippen LogP contribution in [0.15, 0.2) is 18.2 Å². The van der Waals surface area contributed by atoms with Crippen molar-refractivity contribution in [3.63, 3.8) is 0 Å². The zero-order valence-corrected chi connectivity index (χ0v) is 13.3. The second-order valence-corrected chi connectivity index (χ2v) is 7.70. The lowest BCUT2D eigenvalue weighted by Crippen LogP contribution is -2.46. The Balaban J connectivity index is 2.04. The van der Waals surface area contributed by atoms with Crippen LogP contribution in [0.2, 0.25) is 5.02 Å². The van der Waals surface area contributed by atoms with Gasteiger partial charge in [0.1, 0.15) is 5.82 Å². The van der Waals surface area contributed by atoms with Crippen LogP contribution in [0.25, 0.3) is 0 Å². The van der Waals surface area contributed by atoms with Gasteiger partial charge in [0.2, 0.25) is 10.0 Å².